The van der Waals surface area contributed by atoms with Gasteiger partial charge in [-0.15, -0.1) is 0 Å². The average molecular weight is 181 g/mol. The van der Waals surface area contributed by atoms with Gasteiger partial charge in [-0.25, -0.2) is 0 Å². The molecule has 1 heteroatoms. The summed E-state index contributed by atoms with van der Waals surface area (Å²) < 4.78 is 0. The quantitative estimate of drug-likeness (QED) is 0.605. The third-order valence-corrected chi connectivity index (χ3v) is 4.74. The van der Waals surface area contributed by atoms with Gasteiger partial charge in [0.25, 0.3) is 0 Å². The Kier molecular flexibility index (Phi) is 2.64. The lowest BCUT2D eigenvalue weighted by Gasteiger charge is -2.46. The summed E-state index contributed by atoms with van der Waals surface area (Å²) in [4.78, 5) is 0. The Morgan fingerprint density at radius 3 is 2.62 bits per heavy atom. The first-order valence-corrected chi connectivity index (χ1v) is 5.91. The van der Waals surface area contributed by atoms with Crippen LogP contribution in [0.5, 0.6) is 0 Å². The first kappa shape index (κ1) is 9.51. The molecule has 0 aromatic rings. The molecule has 1 saturated heterocycles. The van der Waals surface area contributed by atoms with E-state index in [0.717, 1.165) is 29.6 Å². The highest BCUT2D eigenvalue weighted by molar-refractivity contribution is 4.90. The van der Waals surface area contributed by atoms with Crippen LogP contribution in [-0.2, 0) is 0 Å². The van der Waals surface area contributed by atoms with Crippen LogP contribution in [0.25, 0.3) is 0 Å². The summed E-state index contributed by atoms with van der Waals surface area (Å²) >= 11 is 0. The molecule has 2 aliphatic rings. The monoisotopic (exact) mass is 181 g/mol. The summed E-state index contributed by atoms with van der Waals surface area (Å²) in [6.45, 7) is 9.90. The third kappa shape index (κ3) is 1.63. The van der Waals surface area contributed by atoms with Gasteiger partial charge in [0.2, 0.25) is 0 Å². The molecule has 5 atom stereocenters. The minimum atomic E-state index is 0.941. The Morgan fingerprint density at radius 2 is 1.85 bits per heavy atom. The molecule has 1 heterocycles. The second-order valence-corrected chi connectivity index (χ2v) is 5.35. The first-order valence-electron chi connectivity index (χ1n) is 5.91. The lowest BCUT2D eigenvalue weighted by atomic mass is 9.62. The normalized spacial score (nSPS) is 51.5. The molecule has 1 N–H and O–H groups in total. The van der Waals surface area contributed by atoms with Crippen LogP contribution in [0.2, 0.25) is 0 Å². The highest BCUT2D eigenvalue weighted by atomic mass is 14.9. The maximum Gasteiger partial charge on any atom is -0.00177 e. The van der Waals surface area contributed by atoms with Crippen LogP contribution in [0.4, 0.5) is 0 Å². The maximum absolute atomic E-state index is 3.54. The Balaban J connectivity index is 2.08. The van der Waals surface area contributed by atoms with Crippen molar-refractivity contribution in [2.75, 3.05) is 13.1 Å². The van der Waals surface area contributed by atoms with Gasteiger partial charge in [-0.05, 0) is 55.5 Å². The summed E-state index contributed by atoms with van der Waals surface area (Å²) in [5.74, 6) is 4.84. The van der Waals surface area contributed by atoms with Crippen LogP contribution in [0.3, 0.4) is 0 Å². The molecular formula is C12H23N. The predicted molar refractivity (Wildman–Crippen MR) is 56.6 cm³/mol. The summed E-state index contributed by atoms with van der Waals surface area (Å²) in [5, 5.41) is 3.54. The molecule has 2 rings (SSSR count). The standard InChI is InChI=1S/C12H23N/c1-8-6-11-7-13-5-4-12(11)10(3)9(8)2/h8-13H,4-7H2,1-3H3. The van der Waals surface area contributed by atoms with Gasteiger partial charge in [-0.2, -0.15) is 0 Å². The number of rotatable bonds is 0. The van der Waals surface area contributed by atoms with E-state index in [2.05, 4.69) is 26.1 Å². The molecule has 1 aliphatic carbocycles. The van der Waals surface area contributed by atoms with Crippen molar-refractivity contribution in [3.05, 3.63) is 0 Å². The van der Waals surface area contributed by atoms with Crippen molar-refractivity contribution in [1.29, 1.82) is 0 Å². The molecule has 1 nitrogen and oxygen atoms in total. The topological polar surface area (TPSA) is 12.0 Å². The number of hydrogen-bond acceptors (Lipinski definition) is 1. The number of piperidine rings is 1. The van der Waals surface area contributed by atoms with Gasteiger partial charge in [-0.3, -0.25) is 0 Å². The van der Waals surface area contributed by atoms with E-state index in [9.17, 15) is 0 Å². The summed E-state index contributed by atoms with van der Waals surface area (Å²) in [6.07, 6.45) is 2.88. The van der Waals surface area contributed by atoms with E-state index in [1.54, 1.807) is 0 Å². The van der Waals surface area contributed by atoms with Crippen LogP contribution < -0.4 is 5.32 Å². The molecular weight excluding hydrogens is 158 g/mol. The summed E-state index contributed by atoms with van der Waals surface area (Å²) in [5.41, 5.74) is 0. The fraction of sp³-hybridized carbons (Fsp3) is 1.00. The van der Waals surface area contributed by atoms with E-state index in [4.69, 9.17) is 0 Å². The van der Waals surface area contributed by atoms with Gasteiger partial charge in [0.15, 0.2) is 0 Å². The molecule has 1 saturated carbocycles. The summed E-state index contributed by atoms with van der Waals surface area (Å²) in [7, 11) is 0. The molecule has 0 bridgehead atoms. The van der Waals surface area contributed by atoms with Crippen LogP contribution >= 0.6 is 0 Å². The third-order valence-electron chi connectivity index (χ3n) is 4.74. The summed E-state index contributed by atoms with van der Waals surface area (Å²) in [6, 6.07) is 0. The van der Waals surface area contributed by atoms with Crippen LogP contribution in [0, 0.1) is 29.6 Å². The smallest absolute Gasteiger partial charge is 0.00177 e. The Labute approximate surface area is 82.3 Å². The molecule has 76 valence electrons. The number of nitrogens with one attached hydrogen (secondary N) is 1. The minimum absolute atomic E-state index is 0.941. The van der Waals surface area contributed by atoms with E-state index in [-0.39, 0.29) is 0 Å². The first-order chi connectivity index (χ1) is 6.20. The molecule has 1 aliphatic heterocycles. The molecule has 0 spiro atoms. The SMILES string of the molecule is CC1CC2CNCCC2C(C)C1C. The van der Waals surface area contributed by atoms with Crippen molar-refractivity contribution in [3.8, 4) is 0 Å². The molecule has 0 radical (unpaired) electrons. The van der Waals surface area contributed by atoms with Crippen molar-refractivity contribution < 1.29 is 0 Å². The van der Waals surface area contributed by atoms with Crippen molar-refractivity contribution in [1.82, 2.24) is 5.32 Å². The van der Waals surface area contributed by atoms with Crippen molar-refractivity contribution >= 4 is 0 Å². The Bertz CT molecular complexity index is 176. The molecule has 0 aromatic heterocycles. The van der Waals surface area contributed by atoms with E-state index >= 15 is 0 Å². The number of hydrogen-bond donors (Lipinski definition) is 1. The van der Waals surface area contributed by atoms with Crippen LogP contribution in [0.15, 0.2) is 0 Å². The minimum Gasteiger partial charge on any atom is -0.316 e. The van der Waals surface area contributed by atoms with Crippen molar-refractivity contribution in [2.24, 2.45) is 29.6 Å². The van der Waals surface area contributed by atoms with Crippen LogP contribution in [-0.4, -0.2) is 13.1 Å². The second-order valence-electron chi connectivity index (χ2n) is 5.35. The lowest BCUT2D eigenvalue weighted by molar-refractivity contribution is 0.0434. The zero-order valence-corrected chi connectivity index (χ0v) is 9.22. The largest absolute Gasteiger partial charge is 0.316 e. The molecule has 0 amide bonds. The number of fused-ring (bicyclic) bond motifs is 1. The van der Waals surface area contributed by atoms with E-state index in [0.29, 0.717) is 0 Å². The zero-order chi connectivity index (χ0) is 9.42. The fourth-order valence-electron chi connectivity index (χ4n) is 3.49. The average Bonchev–Trinajstić information content (AvgIpc) is 2.15. The van der Waals surface area contributed by atoms with E-state index in [1.807, 2.05) is 0 Å². The van der Waals surface area contributed by atoms with Gasteiger partial charge in [0.1, 0.15) is 0 Å². The molecule has 5 unspecified atom stereocenters. The van der Waals surface area contributed by atoms with Gasteiger partial charge >= 0.3 is 0 Å². The Hall–Kier alpha value is -0.0400. The van der Waals surface area contributed by atoms with Crippen LogP contribution in [0.1, 0.15) is 33.6 Å². The van der Waals surface area contributed by atoms with Crippen molar-refractivity contribution in [2.45, 2.75) is 33.6 Å². The molecule has 0 aromatic carbocycles. The van der Waals surface area contributed by atoms with E-state index in [1.165, 1.54) is 25.9 Å². The zero-order valence-electron chi connectivity index (χ0n) is 9.22. The molecule has 13 heavy (non-hydrogen) atoms. The van der Waals surface area contributed by atoms with E-state index < -0.39 is 0 Å². The fourth-order valence-corrected chi connectivity index (χ4v) is 3.49. The van der Waals surface area contributed by atoms with Crippen molar-refractivity contribution in [3.63, 3.8) is 0 Å². The highest BCUT2D eigenvalue weighted by Gasteiger charge is 2.39. The van der Waals surface area contributed by atoms with Gasteiger partial charge in [0, 0.05) is 0 Å². The lowest BCUT2D eigenvalue weighted by Crippen LogP contribution is -2.46. The highest BCUT2D eigenvalue weighted by Crippen LogP contribution is 2.44. The second kappa shape index (κ2) is 3.61. The van der Waals surface area contributed by atoms with Gasteiger partial charge < -0.3 is 5.32 Å². The predicted octanol–water partition coefficient (Wildman–Crippen LogP) is 2.52. The van der Waals surface area contributed by atoms with Gasteiger partial charge in [-0.1, -0.05) is 20.8 Å². The Morgan fingerprint density at radius 1 is 1.08 bits per heavy atom. The molecule has 2 fully saturated rings. The van der Waals surface area contributed by atoms with Gasteiger partial charge in [0.05, 0.1) is 0 Å². The maximum atomic E-state index is 3.54.